The van der Waals surface area contributed by atoms with Crippen molar-refractivity contribution in [1.82, 2.24) is 4.98 Å². The smallest absolute Gasteiger partial charge is 0.196 e. The first-order valence-corrected chi connectivity index (χ1v) is 4.28. The fourth-order valence-electron chi connectivity index (χ4n) is 1.52. The van der Waals surface area contributed by atoms with Crippen LogP contribution in [0.25, 0.3) is 10.9 Å². The molecular formula is C10H8F3N. The molecule has 0 bridgehead atoms. The molecule has 0 amide bonds. The van der Waals surface area contributed by atoms with Gasteiger partial charge in [-0.1, -0.05) is 6.92 Å². The normalized spacial score (nSPS) is 11.1. The van der Waals surface area contributed by atoms with Gasteiger partial charge >= 0.3 is 0 Å². The molecule has 0 spiro atoms. The molecule has 2 aromatic rings. The molecule has 74 valence electrons. The maximum Gasteiger partial charge on any atom is 0.196 e. The van der Waals surface area contributed by atoms with E-state index in [1.807, 2.05) is 6.92 Å². The SMILES string of the molecule is CCc1c[nH]c2c(F)c(F)c(F)cc12. The van der Waals surface area contributed by atoms with E-state index in [1.165, 1.54) is 0 Å². The largest absolute Gasteiger partial charge is 0.358 e. The van der Waals surface area contributed by atoms with Crippen molar-refractivity contribution in [3.63, 3.8) is 0 Å². The molecule has 0 saturated heterocycles. The highest BCUT2D eigenvalue weighted by Crippen LogP contribution is 2.25. The second-order valence-electron chi connectivity index (χ2n) is 3.08. The van der Waals surface area contributed by atoms with E-state index in [0.29, 0.717) is 11.8 Å². The number of halogens is 3. The summed E-state index contributed by atoms with van der Waals surface area (Å²) in [4.78, 5) is 2.59. The van der Waals surface area contributed by atoms with Crippen molar-refractivity contribution >= 4 is 10.9 Å². The molecule has 14 heavy (non-hydrogen) atoms. The Morgan fingerprint density at radius 3 is 2.57 bits per heavy atom. The minimum atomic E-state index is -1.43. The Hall–Kier alpha value is -1.45. The molecule has 0 aliphatic rings. The highest BCUT2D eigenvalue weighted by Gasteiger charge is 2.15. The molecule has 0 aliphatic heterocycles. The number of hydrogen-bond acceptors (Lipinski definition) is 0. The summed E-state index contributed by atoms with van der Waals surface area (Å²) in [6, 6.07) is 1.02. The Balaban J connectivity index is 2.86. The summed E-state index contributed by atoms with van der Waals surface area (Å²) >= 11 is 0. The van der Waals surface area contributed by atoms with Crippen LogP contribution in [0.1, 0.15) is 12.5 Å². The number of nitrogens with one attached hydrogen (secondary N) is 1. The predicted octanol–water partition coefficient (Wildman–Crippen LogP) is 3.15. The Morgan fingerprint density at radius 2 is 1.93 bits per heavy atom. The molecular weight excluding hydrogens is 191 g/mol. The average molecular weight is 199 g/mol. The van der Waals surface area contributed by atoms with Gasteiger partial charge < -0.3 is 4.98 Å². The lowest BCUT2D eigenvalue weighted by molar-refractivity contribution is 0.453. The van der Waals surface area contributed by atoms with Crippen molar-refractivity contribution in [3.8, 4) is 0 Å². The van der Waals surface area contributed by atoms with Gasteiger partial charge in [0.05, 0.1) is 5.52 Å². The monoisotopic (exact) mass is 199 g/mol. The molecule has 0 fully saturated rings. The lowest BCUT2D eigenvalue weighted by Gasteiger charge is -1.98. The fraction of sp³-hybridized carbons (Fsp3) is 0.200. The van der Waals surface area contributed by atoms with Crippen LogP contribution in [0, 0.1) is 17.5 Å². The van der Waals surface area contributed by atoms with Crippen LogP contribution in [0.15, 0.2) is 12.3 Å². The van der Waals surface area contributed by atoms with E-state index in [1.54, 1.807) is 6.20 Å². The second kappa shape index (κ2) is 3.04. The molecule has 0 radical (unpaired) electrons. The summed E-state index contributed by atoms with van der Waals surface area (Å²) in [5.74, 6) is -3.73. The van der Waals surface area contributed by atoms with Gasteiger partial charge in [-0.05, 0) is 18.1 Å². The lowest BCUT2D eigenvalue weighted by atomic mass is 10.1. The highest BCUT2D eigenvalue weighted by atomic mass is 19.2. The van der Waals surface area contributed by atoms with E-state index < -0.39 is 17.5 Å². The molecule has 0 saturated carbocycles. The number of rotatable bonds is 1. The third-order valence-electron chi connectivity index (χ3n) is 2.28. The third-order valence-corrected chi connectivity index (χ3v) is 2.28. The summed E-state index contributed by atoms with van der Waals surface area (Å²) < 4.78 is 38.8. The molecule has 2 rings (SSSR count). The van der Waals surface area contributed by atoms with Gasteiger partial charge in [-0.3, -0.25) is 0 Å². The van der Waals surface area contributed by atoms with Gasteiger partial charge in [0.1, 0.15) is 0 Å². The number of aromatic amines is 1. The Bertz CT molecular complexity index is 488. The zero-order valence-electron chi connectivity index (χ0n) is 7.50. The maximum atomic E-state index is 13.2. The first-order chi connectivity index (χ1) is 6.65. The van der Waals surface area contributed by atoms with Gasteiger partial charge in [0.2, 0.25) is 0 Å². The van der Waals surface area contributed by atoms with E-state index in [9.17, 15) is 13.2 Å². The van der Waals surface area contributed by atoms with Crippen LogP contribution < -0.4 is 0 Å². The zero-order chi connectivity index (χ0) is 10.3. The van der Waals surface area contributed by atoms with Crippen LogP contribution in [-0.2, 0) is 6.42 Å². The first kappa shape index (κ1) is 9.12. The molecule has 1 nitrogen and oxygen atoms in total. The van der Waals surface area contributed by atoms with Gasteiger partial charge in [-0.15, -0.1) is 0 Å². The summed E-state index contributed by atoms with van der Waals surface area (Å²) in [5, 5.41) is 0.406. The molecule has 1 N–H and O–H groups in total. The van der Waals surface area contributed by atoms with Crippen LogP contribution in [0.5, 0.6) is 0 Å². The fourth-order valence-corrected chi connectivity index (χ4v) is 1.52. The maximum absolute atomic E-state index is 13.2. The van der Waals surface area contributed by atoms with Crippen LogP contribution in [0.2, 0.25) is 0 Å². The molecule has 4 heteroatoms. The molecule has 0 atom stereocenters. The number of benzene rings is 1. The quantitative estimate of drug-likeness (QED) is 0.679. The van der Waals surface area contributed by atoms with Crippen LogP contribution >= 0.6 is 0 Å². The average Bonchev–Trinajstić information content (AvgIpc) is 2.57. The number of hydrogen-bond donors (Lipinski definition) is 1. The lowest BCUT2D eigenvalue weighted by Crippen LogP contribution is -1.91. The number of fused-ring (bicyclic) bond motifs is 1. The Labute approximate surface area is 78.5 Å². The van der Waals surface area contributed by atoms with Gasteiger partial charge in [0.25, 0.3) is 0 Å². The zero-order valence-corrected chi connectivity index (χ0v) is 7.50. The summed E-state index contributed by atoms with van der Waals surface area (Å²) in [7, 11) is 0. The Morgan fingerprint density at radius 1 is 1.21 bits per heavy atom. The van der Waals surface area contributed by atoms with Crippen LogP contribution in [0.4, 0.5) is 13.2 Å². The minimum absolute atomic E-state index is 0.0285. The van der Waals surface area contributed by atoms with Crippen molar-refractivity contribution in [2.45, 2.75) is 13.3 Å². The molecule has 1 aromatic heterocycles. The summed E-state index contributed by atoms with van der Waals surface area (Å²) in [6.07, 6.45) is 2.21. The molecule has 0 aliphatic carbocycles. The minimum Gasteiger partial charge on any atom is -0.358 e. The van der Waals surface area contributed by atoms with Crippen LogP contribution in [0.3, 0.4) is 0 Å². The number of H-pyrrole nitrogens is 1. The number of aromatic nitrogens is 1. The topological polar surface area (TPSA) is 15.8 Å². The van der Waals surface area contributed by atoms with E-state index in [2.05, 4.69) is 4.98 Å². The second-order valence-corrected chi connectivity index (χ2v) is 3.08. The van der Waals surface area contributed by atoms with Crippen molar-refractivity contribution in [2.75, 3.05) is 0 Å². The van der Waals surface area contributed by atoms with E-state index in [4.69, 9.17) is 0 Å². The number of aryl methyl sites for hydroxylation is 1. The van der Waals surface area contributed by atoms with Gasteiger partial charge in [-0.25, -0.2) is 13.2 Å². The van der Waals surface area contributed by atoms with E-state index >= 15 is 0 Å². The first-order valence-electron chi connectivity index (χ1n) is 4.28. The van der Waals surface area contributed by atoms with E-state index in [-0.39, 0.29) is 5.52 Å². The standard InChI is InChI=1S/C10H8F3N/c1-2-5-4-14-10-6(5)3-7(11)8(12)9(10)13/h3-4,14H,2H2,1H3. The molecule has 1 heterocycles. The Kier molecular flexibility index (Phi) is 1.98. The van der Waals surface area contributed by atoms with Crippen molar-refractivity contribution in [3.05, 3.63) is 35.3 Å². The molecule has 1 aromatic carbocycles. The van der Waals surface area contributed by atoms with E-state index in [0.717, 1.165) is 11.6 Å². The van der Waals surface area contributed by atoms with Crippen molar-refractivity contribution < 1.29 is 13.2 Å². The van der Waals surface area contributed by atoms with Crippen molar-refractivity contribution in [2.24, 2.45) is 0 Å². The predicted molar refractivity (Wildman–Crippen MR) is 47.6 cm³/mol. The third kappa shape index (κ3) is 1.10. The van der Waals surface area contributed by atoms with Gasteiger partial charge in [0.15, 0.2) is 17.5 Å². The summed E-state index contributed by atoms with van der Waals surface area (Å²) in [6.45, 7) is 1.86. The molecule has 0 unspecified atom stereocenters. The summed E-state index contributed by atoms with van der Waals surface area (Å²) in [5.41, 5.74) is 0.804. The van der Waals surface area contributed by atoms with Gasteiger partial charge in [0, 0.05) is 11.6 Å². The van der Waals surface area contributed by atoms with Gasteiger partial charge in [-0.2, -0.15) is 0 Å². The van der Waals surface area contributed by atoms with Crippen molar-refractivity contribution in [1.29, 1.82) is 0 Å². The highest BCUT2D eigenvalue weighted by molar-refractivity contribution is 5.83. The van der Waals surface area contributed by atoms with Crippen LogP contribution in [-0.4, -0.2) is 4.98 Å².